The van der Waals surface area contributed by atoms with Gasteiger partial charge < -0.3 is 10.4 Å². The molecule has 1 atom stereocenters. The highest BCUT2D eigenvalue weighted by molar-refractivity contribution is 7.09. The molecule has 0 spiro atoms. The standard InChI is InChI=1S/C15H20N2OS/c1-11(16-9-14-10-19-12(2)17-14)3-4-13-5-7-15(18)8-6-13/h5-8,10-11,16,18H,3-4,9H2,1-2H3. The van der Waals surface area contributed by atoms with Gasteiger partial charge in [0.25, 0.3) is 0 Å². The summed E-state index contributed by atoms with van der Waals surface area (Å²) >= 11 is 1.69. The summed E-state index contributed by atoms with van der Waals surface area (Å²) in [5.74, 6) is 0.328. The highest BCUT2D eigenvalue weighted by Gasteiger charge is 2.04. The lowest BCUT2D eigenvalue weighted by molar-refractivity contribution is 0.474. The largest absolute Gasteiger partial charge is 0.508 e. The van der Waals surface area contributed by atoms with E-state index in [9.17, 15) is 5.11 Å². The van der Waals surface area contributed by atoms with Crippen LogP contribution in [0.2, 0.25) is 0 Å². The quantitative estimate of drug-likeness (QED) is 0.851. The lowest BCUT2D eigenvalue weighted by atomic mass is 10.1. The summed E-state index contributed by atoms with van der Waals surface area (Å²) in [7, 11) is 0. The zero-order chi connectivity index (χ0) is 13.7. The summed E-state index contributed by atoms with van der Waals surface area (Å²) in [5.41, 5.74) is 2.38. The molecule has 0 amide bonds. The van der Waals surface area contributed by atoms with E-state index in [-0.39, 0.29) is 0 Å². The van der Waals surface area contributed by atoms with Crippen molar-refractivity contribution in [3.05, 3.63) is 45.9 Å². The van der Waals surface area contributed by atoms with Crippen molar-refractivity contribution in [1.82, 2.24) is 10.3 Å². The average Bonchev–Trinajstić information content (AvgIpc) is 2.81. The molecule has 2 rings (SSSR count). The number of hydrogen-bond acceptors (Lipinski definition) is 4. The minimum Gasteiger partial charge on any atom is -0.508 e. The molecule has 1 aromatic heterocycles. The van der Waals surface area contributed by atoms with Gasteiger partial charge in [-0.15, -0.1) is 11.3 Å². The molecule has 0 bridgehead atoms. The zero-order valence-electron chi connectivity index (χ0n) is 11.4. The number of hydrogen-bond donors (Lipinski definition) is 2. The molecule has 102 valence electrons. The topological polar surface area (TPSA) is 45.2 Å². The summed E-state index contributed by atoms with van der Waals surface area (Å²) in [4.78, 5) is 4.44. The molecule has 2 N–H and O–H groups in total. The van der Waals surface area contributed by atoms with Gasteiger partial charge in [0.2, 0.25) is 0 Å². The van der Waals surface area contributed by atoms with E-state index >= 15 is 0 Å². The molecular formula is C15H20N2OS. The van der Waals surface area contributed by atoms with Crippen molar-refractivity contribution >= 4 is 11.3 Å². The normalized spacial score (nSPS) is 12.5. The van der Waals surface area contributed by atoms with Crippen molar-refractivity contribution in [3.8, 4) is 5.75 Å². The van der Waals surface area contributed by atoms with Crippen molar-refractivity contribution in [2.45, 2.75) is 39.3 Å². The van der Waals surface area contributed by atoms with Crippen molar-refractivity contribution in [1.29, 1.82) is 0 Å². The molecule has 19 heavy (non-hydrogen) atoms. The number of benzene rings is 1. The number of thiazole rings is 1. The predicted octanol–water partition coefficient (Wildman–Crippen LogP) is 3.27. The molecule has 1 heterocycles. The van der Waals surface area contributed by atoms with Gasteiger partial charge in [-0.2, -0.15) is 0 Å². The van der Waals surface area contributed by atoms with Gasteiger partial charge in [-0.05, 0) is 44.4 Å². The monoisotopic (exact) mass is 276 g/mol. The molecule has 0 aliphatic carbocycles. The van der Waals surface area contributed by atoms with Crippen LogP contribution in [0.1, 0.15) is 29.6 Å². The molecular weight excluding hydrogens is 256 g/mol. The minimum absolute atomic E-state index is 0.328. The van der Waals surface area contributed by atoms with E-state index in [4.69, 9.17) is 0 Å². The van der Waals surface area contributed by atoms with Crippen LogP contribution >= 0.6 is 11.3 Å². The first-order valence-corrected chi connectivity index (χ1v) is 7.44. The third kappa shape index (κ3) is 4.65. The Kier molecular flexibility index (Phi) is 4.93. The number of aromatic nitrogens is 1. The third-order valence-electron chi connectivity index (χ3n) is 3.10. The third-order valence-corrected chi connectivity index (χ3v) is 3.92. The smallest absolute Gasteiger partial charge is 0.115 e. The average molecular weight is 276 g/mol. The van der Waals surface area contributed by atoms with Crippen LogP contribution in [0.4, 0.5) is 0 Å². The SMILES string of the molecule is Cc1nc(CNC(C)CCc2ccc(O)cc2)cs1. The number of phenolic OH excluding ortho intramolecular Hbond substituents is 1. The fourth-order valence-electron chi connectivity index (χ4n) is 1.92. The van der Waals surface area contributed by atoms with Crippen LogP contribution in [0.5, 0.6) is 5.75 Å². The van der Waals surface area contributed by atoms with Crippen molar-refractivity contribution < 1.29 is 5.11 Å². The molecule has 0 saturated carbocycles. The Morgan fingerprint density at radius 3 is 2.68 bits per heavy atom. The van der Waals surface area contributed by atoms with Gasteiger partial charge >= 0.3 is 0 Å². The van der Waals surface area contributed by atoms with E-state index in [2.05, 4.69) is 22.6 Å². The van der Waals surface area contributed by atoms with Gasteiger partial charge in [0, 0.05) is 18.0 Å². The van der Waals surface area contributed by atoms with Crippen LogP contribution in [0.3, 0.4) is 0 Å². The molecule has 0 radical (unpaired) electrons. The molecule has 2 aromatic rings. The first-order chi connectivity index (χ1) is 9.13. The first-order valence-electron chi connectivity index (χ1n) is 6.56. The van der Waals surface area contributed by atoms with Crippen molar-refractivity contribution in [2.24, 2.45) is 0 Å². The van der Waals surface area contributed by atoms with E-state index in [1.807, 2.05) is 19.1 Å². The van der Waals surface area contributed by atoms with Crippen LogP contribution in [0.25, 0.3) is 0 Å². The summed E-state index contributed by atoms with van der Waals surface area (Å²) < 4.78 is 0. The fourth-order valence-corrected chi connectivity index (χ4v) is 2.53. The van der Waals surface area contributed by atoms with E-state index in [1.165, 1.54) is 5.56 Å². The van der Waals surface area contributed by atoms with Gasteiger partial charge in [-0.3, -0.25) is 0 Å². The van der Waals surface area contributed by atoms with Gasteiger partial charge in [0.1, 0.15) is 5.75 Å². The first kappa shape index (κ1) is 14.0. The molecule has 0 fully saturated rings. The predicted molar refractivity (Wildman–Crippen MR) is 79.6 cm³/mol. The molecule has 1 aromatic carbocycles. The van der Waals surface area contributed by atoms with E-state index in [0.29, 0.717) is 11.8 Å². The summed E-state index contributed by atoms with van der Waals surface area (Å²) in [6.45, 7) is 5.06. The lowest BCUT2D eigenvalue weighted by Crippen LogP contribution is -2.26. The van der Waals surface area contributed by atoms with Gasteiger partial charge in [0.15, 0.2) is 0 Å². The van der Waals surface area contributed by atoms with Gasteiger partial charge in [-0.25, -0.2) is 4.98 Å². The number of nitrogens with one attached hydrogen (secondary N) is 1. The second-order valence-electron chi connectivity index (χ2n) is 4.84. The maximum Gasteiger partial charge on any atom is 0.115 e. The molecule has 3 nitrogen and oxygen atoms in total. The molecule has 4 heteroatoms. The second kappa shape index (κ2) is 6.68. The van der Waals surface area contributed by atoms with E-state index in [0.717, 1.165) is 30.1 Å². The van der Waals surface area contributed by atoms with Crippen molar-refractivity contribution in [3.63, 3.8) is 0 Å². The minimum atomic E-state index is 0.328. The van der Waals surface area contributed by atoms with Crippen LogP contribution in [0, 0.1) is 6.92 Å². The Morgan fingerprint density at radius 1 is 1.32 bits per heavy atom. The number of rotatable bonds is 6. The lowest BCUT2D eigenvalue weighted by Gasteiger charge is -2.12. The number of aromatic hydroxyl groups is 1. The van der Waals surface area contributed by atoms with E-state index < -0.39 is 0 Å². The molecule has 0 aliphatic rings. The number of nitrogens with zero attached hydrogens (tertiary/aromatic N) is 1. The second-order valence-corrected chi connectivity index (χ2v) is 5.91. The van der Waals surface area contributed by atoms with Crippen LogP contribution < -0.4 is 5.32 Å². The Bertz CT molecular complexity index is 507. The Balaban J connectivity index is 1.72. The highest BCUT2D eigenvalue weighted by atomic mass is 32.1. The Hall–Kier alpha value is -1.39. The van der Waals surface area contributed by atoms with E-state index in [1.54, 1.807) is 23.5 Å². The number of aryl methyl sites for hydroxylation is 2. The zero-order valence-corrected chi connectivity index (χ0v) is 12.2. The highest BCUT2D eigenvalue weighted by Crippen LogP contribution is 2.12. The van der Waals surface area contributed by atoms with Gasteiger partial charge in [0.05, 0.1) is 10.7 Å². The van der Waals surface area contributed by atoms with Crippen molar-refractivity contribution in [2.75, 3.05) is 0 Å². The molecule has 1 unspecified atom stereocenters. The summed E-state index contributed by atoms with van der Waals surface area (Å²) in [6.07, 6.45) is 2.10. The molecule has 0 saturated heterocycles. The maximum absolute atomic E-state index is 9.23. The van der Waals surface area contributed by atoms with Gasteiger partial charge in [-0.1, -0.05) is 12.1 Å². The summed E-state index contributed by atoms with van der Waals surface area (Å²) in [6, 6.07) is 7.89. The molecule has 0 aliphatic heterocycles. The van der Waals surface area contributed by atoms with Crippen LogP contribution in [0.15, 0.2) is 29.6 Å². The summed E-state index contributed by atoms with van der Waals surface area (Å²) in [5, 5.41) is 15.9. The Morgan fingerprint density at radius 2 is 2.05 bits per heavy atom. The van der Waals surface area contributed by atoms with Crippen LogP contribution in [-0.4, -0.2) is 16.1 Å². The van der Waals surface area contributed by atoms with Crippen LogP contribution in [-0.2, 0) is 13.0 Å². The fraction of sp³-hybridized carbons (Fsp3) is 0.400. The number of phenols is 1. The Labute approximate surface area is 118 Å². The maximum atomic E-state index is 9.23.